The van der Waals surface area contributed by atoms with Crippen molar-refractivity contribution in [3.63, 3.8) is 0 Å². The quantitative estimate of drug-likeness (QED) is 0.764. The van der Waals surface area contributed by atoms with E-state index < -0.39 is 0 Å². The Bertz CT molecular complexity index is 291. The van der Waals surface area contributed by atoms with Gasteiger partial charge in [0.05, 0.1) is 21.1 Å². The van der Waals surface area contributed by atoms with Crippen LogP contribution in [0.5, 0.6) is 0 Å². The van der Waals surface area contributed by atoms with E-state index in [4.69, 9.17) is 0 Å². The maximum absolute atomic E-state index is 12.0. The molecule has 2 atom stereocenters. The molecule has 0 radical (unpaired) electrons. The van der Waals surface area contributed by atoms with Gasteiger partial charge in [-0.05, 0) is 26.2 Å². The van der Waals surface area contributed by atoms with Gasteiger partial charge in [-0.3, -0.25) is 9.69 Å². The lowest BCUT2D eigenvalue weighted by Crippen LogP contribution is -2.47. The fourth-order valence-electron chi connectivity index (χ4n) is 2.95. The van der Waals surface area contributed by atoms with E-state index in [1.165, 1.54) is 0 Å². The van der Waals surface area contributed by atoms with Crippen molar-refractivity contribution < 1.29 is 9.28 Å². The highest BCUT2D eigenvalue weighted by molar-refractivity contribution is 5.77. The summed E-state index contributed by atoms with van der Waals surface area (Å²) in [5, 5.41) is 3.21. The Hall–Kier alpha value is -0.610. The number of hydrogen-bond acceptors (Lipinski definition) is 2. The Morgan fingerprint density at radius 1 is 1.26 bits per heavy atom. The molecule has 1 heterocycles. The largest absolute Gasteiger partial charge is 0.347 e. The zero-order valence-corrected chi connectivity index (χ0v) is 13.7. The minimum absolute atomic E-state index is 0.172. The summed E-state index contributed by atoms with van der Waals surface area (Å²) in [6.07, 6.45) is 1.08. The van der Waals surface area contributed by atoms with Crippen molar-refractivity contribution in [2.75, 3.05) is 34.2 Å². The lowest BCUT2D eigenvalue weighted by molar-refractivity contribution is -0.862. The molecule has 1 N–H and O–H groups in total. The summed E-state index contributed by atoms with van der Waals surface area (Å²) in [5.41, 5.74) is 0. The fraction of sp³-hybridized carbons (Fsp3) is 0.933. The Balaban J connectivity index is 2.56. The summed E-state index contributed by atoms with van der Waals surface area (Å²) >= 11 is 0. The molecule has 2 unspecified atom stereocenters. The van der Waals surface area contributed by atoms with Crippen molar-refractivity contribution in [1.29, 1.82) is 0 Å². The first-order valence-electron chi connectivity index (χ1n) is 7.45. The van der Waals surface area contributed by atoms with Gasteiger partial charge >= 0.3 is 0 Å². The zero-order valence-electron chi connectivity index (χ0n) is 13.7. The summed E-state index contributed by atoms with van der Waals surface area (Å²) in [7, 11) is 6.14. The van der Waals surface area contributed by atoms with E-state index in [1.807, 2.05) is 21.1 Å². The fourth-order valence-corrected chi connectivity index (χ4v) is 2.95. The first-order chi connectivity index (χ1) is 8.60. The van der Waals surface area contributed by atoms with E-state index in [1.54, 1.807) is 0 Å². The summed E-state index contributed by atoms with van der Waals surface area (Å²) in [5.74, 6) is 0.813. The number of nitrogens with zero attached hydrogens (tertiary/aromatic N) is 2. The molecule has 0 aromatic carbocycles. The Morgan fingerprint density at radius 2 is 1.84 bits per heavy atom. The van der Waals surface area contributed by atoms with Crippen molar-refractivity contribution in [1.82, 2.24) is 10.2 Å². The lowest BCUT2D eigenvalue weighted by Gasteiger charge is -2.30. The van der Waals surface area contributed by atoms with Gasteiger partial charge in [0.15, 0.2) is 6.54 Å². The van der Waals surface area contributed by atoms with Crippen LogP contribution < -0.4 is 5.32 Å². The summed E-state index contributed by atoms with van der Waals surface area (Å²) in [6.45, 7) is 10.6. The third-order valence-electron chi connectivity index (χ3n) is 3.80. The third-order valence-corrected chi connectivity index (χ3v) is 3.80. The van der Waals surface area contributed by atoms with Gasteiger partial charge in [0.25, 0.3) is 5.91 Å². The van der Waals surface area contributed by atoms with Gasteiger partial charge in [0.2, 0.25) is 0 Å². The zero-order chi connectivity index (χ0) is 14.8. The topological polar surface area (TPSA) is 32.3 Å². The molecule has 0 saturated carbocycles. The maximum atomic E-state index is 12.0. The predicted molar refractivity (Wildman–Crippen MR) is 79.9 cm³/mol. The van der Waals surface area contributed by atoms with Crippen molar-refractivity contribution in [3.05, 3.63) is 0 Å². The molecule has 0 aliphatic carbocycles. The normalized spacial score (nSPS) is 25.3. The van der Waals surface area contributed by atoms with Gasteiger partial charge in [-0.25, -0.2) is 0 Å². The van der Waals surface area contributed by atoms with Crippen LogP contribution in [0.4, 0.5) is 0 Å². The second-order valence-electron chi connectivity index (χ2n) is 7.55. The average molecular weight is 270 g/mol. The van der Waals surface area contributed by atoms with Crippen LogP contribution in [0, 0.1) is 5.92 Å². The smallest absolute Gasteiger partial charge is 0.275 e. The van der Waals surface area contributed by atoms with Gasteiger partial charge in [0.1, 0.15) is 0 Å². The van der Waals surface area contributed by atoms with Gasteiger partial charge in [0, 0.05) is 24.7 Å². The van der Waals surface area contributed by atoms with Crippen LogP contribution in [0.2, 0.25) is 0 Å². The van der Waals surface area contributed by atoms with Crippen LogP contribution in [0.1, 0.15) is 34.1 Å². The van der Waals surface area contributed by atoms with Crippen LogP contribution >= 0.6 is 0 Å². The maximum Gasteiger partial charge on any atom is 0.275 e. The Labute approximate surface area is 118 Å². The van der Waals surface area contributed by atoms with Crippen molar-refractivity contribution in [2.45, 2.75) is 52.2 Å². The number of likely N-dealkylation sites (N-methyl/N-ethyl adjacent to an activating group) is 1. The molecule has 1 amide bonds. The Morgan fingerprint density at radius 3 is 2.21 bits per heavy atom. The molecule has 19 heavy (non-hydrogen) atoms. The highest BCUT2D eigenvalue weighted by Gasteiger charge is 2.36. The minimum Gasteiger partial charge on any atom is -0.347 e. The van der Waals surface area contributed by atoms with Crippen molar-refractivity contribution in [2.24, 2.45) is 5.92 Å². The number of quaternary nitrogens is 1. The second-order valence-corrected chi connectivity index (χ2v) is 7.55. The lowest BCUT2D eigenvalue weighted by atomic mass is 10.00. The molecule has 1 fully saturated rings. The second kappa shape index (κ2) is 6.23. The predicted octanol–water partition coefficient (Wildman–Crippen LogP) is 1.32. The summed E-state index contributed by atoms with van der Waals surface area (Å²) < 4.78 is 0.681. The van der Waals surface area contributed by atoms with E-state index in [9.17, 15) is 4.79 Å². The van der Waals surface area contributed by atoms with E-state index in [0.29, 0.717) is 35.1 Å². The van der Waals surface area contributed by atoms with Gasteiger partial charge in [-0.2, -0.15) is 0 Å². The number of amides is 1. The molecule has 1 saturated heterocycles. The number of likely N-dealkylation sites (tertiary alicyclic amines) is 1. The molecule has 0 spiro atoms. The monoisotopic (exact) mass is 270 g/mol. The summed E-state index contributed by atoms with van der Waals surface area (Å²) in [4.78, 5) is 14.6. The number of carbonyl (C=O) groups excluding carboxylic acids is 1. The van der Waals surface area contributed by atoms with E-state index in [2.05, 4.69) is 37.9 Å². The van der Waals surface area contributed by atoms with Crippen molar-refractivity contribution >= 4 is 5.91 Å². The molecule has 0 aromatic heterocycles. The number of hydrogen-bond donors (Lipinski definition) is 1. The van der Waals surface area contributed by atoms with Gasteiger partial charge in [-0.1, -0.05) is 13.8 Å². The molecular formula is C15H32N3O+. The Kier molecular flexibility index (Phi) is 5.39. The van der Waals surface area contributed by atoms with Gasteiger partial charge in [-0.15, -0.1) is 0 Å². The first kappa shape index (κ1) is 16.4. The van der Waals surface area contributed by atoms with Gasteiger partial charge < -0.3 is 9.80 Å². The van der Waals surface area contributed by atoms with E-state index >= 15 is 0 Å². The summed E-state index contributed by atoms with van der Waals surface area (Å²) in [6, 6.07) is 1.45. The molecule has 1 rings (SSSR count). The molecule has 1 aliphatic heterocycles. The highest BCUT2D eigenvalue weighted by Crippen LogP contribution is 2.26. The molecular weight excluding hydrogens is 238 g/mol. The van der Waals surface area contributed by atoms with Crippen LogP contribution in [-0.2, 0) is 4.79 Å². The third kappa shape index (κ3) is 5.11. The molecule has 4 nitrogen and oxygen atoms in total. The molecule has 4 heteroatoms. The van der Waals surface area contributed by atoms with Crippen LogP contribution in [0.3, 0.4) is 0 Å². The average Bonchev–Trinajstić information content (AvgIpc) is 2.58. The first-order valence-corrected chi connectivity index (χ1v) is 7.45. The number of rotatable bonds is 5. The van der Waals surface area contributed by atoms with Crippen molar-refractivity contribution in [3.8, 4) is 0 Å². The highest BCUT2D eigenvalue weighted by atomic mass is 16.2. The molecule has 0 aromatic rings. The van der Waals surface area contributed by atoms with Crippen LogP contribution in [0.15, 0.2) is 0 Å². The van der Waals surface area contributed by atoms with Crippen LogP contribution in [-0.4, -0.2) is 67.6 Å². The SMILES string of the molecule is CC(C)C1CC(NC(=O)C[N+](C)(C)C)CN1C(C)C. The molecule has 1 aliphatic rings. The minimum atomic E-state index is 0.172. The molecule has 112 valence electrons. The molecule has 0 bridgehead atoms. The van der Waals surface area contributed by atoms with E-state index in [-0.39, 0.29) is 5.91 Å². The standard InChI is InChI=1S/C15H31N3O/c1-11(2)14-8-13(9-17(14)12(3)4)16-15(19)10-18(5,6)7/h11-14H,8-10H2,1-7H3/p+1. The number of nitrogens with one attached hydrogen (secondary N) is 1. The van der Waals surface area contributed by atoms with Crippen LogP contribution in [0.25, 0.3) is 0 Å². The van der Waals surface area contributed by atoms with E-state index in [0.717, 1.165) is 13.0 Å². The number of carbonyl (C=O) groups is 1.